The molecule has 1 aliphatic rings. The van der Waals surface area contributed by atoms with Crippen molar-refractivity contribution in [1.29, 1.82) is 0 Å². The Bertz CT molecular complexity index is 724. The molecule has 0 amide bonds. The van der Waals surface area contributed by atoms with Gasteiger partial charge in [0.2, 0.25) is 0 Å². The number of rotatable bonds is 5. The SMILES string of the molecule is NNc1cc(S(=O)(=O)Nc2nc(C3CC3)cs2)ccn1. The number of nitrogens with zero attached hydrogens (tertiary/aromatic N) is 2. The fourth-order valence-electron chi connectivity index (χ4n) is 1.73. The summed E-state index contributed by atoms with van der Waals surface area (Å²) in [7, 11) is -3.68. The van der Waals surface area contributed by atoms with E-state index in [9.17, 15) is 8.42 Å². The molecule has 0 radical (unpaired) electrons. The summed E-state index contributed by atoms with van der Waals surface area (Å²) in [5, 5.41) is 2.28. The first-order valence-corrected chi connectivity index (χ1v) is 8.36. The number of aromatic nitrogens is 2. The maximum atomic E-state index is 12.2. The molecule has 7 nitrogen and oxygen atoms in total. The third-order valence-electron chi connectivity index (χ3n) is 2.93. The number of nitrogens with two attached hydrogens (primary N) is 1. The molecule has 1 fully saturated rings. The molecule has 9 heteroatoms. The number of hydrazine groups is 1. The molecule has 106 valence electrons. The first-order chi connectivity index (χ1) is 9.58. The van der Waals surface area contributed by atoms with Gasteiger partial charge in [0.05, 0.1) is 10.6 Å². The van der Waals surface area contributed by atoms with Gasteiger partial charge >= 0.3 is 0 Å². The van der Waals surface area contributed by atoms with Crippen LogP contribution in [0.5, 0.6) is 0 Å². The van der Waals surface area contributed by atoms with Crippen molar-refractivity contribution in [3.05, 3.63) is 29.4 Å². The number of anilines is 2. The topological polar surface area (TPSA) is 110 Å². The Balaban J connectivity index is 1.83. The van der Waals surface area contributed by atoms with Crippen LogP contribution in [0, 0.1) is 0 Å². The lowest BCUT2D eigenvalue weighted by molar-refractivity contribution is 0.601. The van der Waals surface area contributed by atoms with Gasteiger partial charge in [-0.3, -0.25) is 4.72 Å². The number of hydrogen-bond acceptors (Lipinski definition) is 7. The highest BCUT2D eigenvalue weighted by molar-refractivity contribution is 7.93. The zero-order chi connectivity index (χ0) is 14.2. The van der Waals surface area contributed by atoms with Crippen LogP contribution in [0.25, 0.3) is 0 Å². The fraction of sp³-hybridized carbons (Fsp3) is 0.273. The van der Waals surface area contributed by atoms with Crippen LogP contribution in [-0.2, 0) is 10.0 Å². The standard InChI is InChI=1S/C11H13N5O2S2/c12-15-10-5-8(3-4-13-10)20(17,18)16-11-14-9(6-19-11)7-1-2-7/h3-7H,1-2,12H2,(H,13,15)(H,14,16). The van der Waals surface area contributed by atoms with E-state index in [4.69, 9.17) is 5.84 Å². The van der Waals surface area contributed by atoms with Crippen molar-refractivity contribution >= 4 is 32.3 Å². The minimum Gasteiger partial charge on any atom is -0.308 e. The number of nitrogen functional groups attached to an aromatic ring is 1. The van der Waals surface area contributed by atoms with Crippen molar-refractivity contribution in [2.75, 3.05) is 10.1 Å². The molecule has 20 heavy (non-hydrogen) atoms. The quantitative estimate of drug-likeness (QED) is 0.570. The van der Waals surface area contributed by atoms with E-state index >= 15 is 0 Å². The summed E-state index contributed by atoms with van der Waals surface area (Å²) < 4.78 is 26.9. The Kier molecular flexibility index (Phi) is 3.32. The number of pyridine rings is 1. The van der Waals surface area contributed by atoms with Gasteiger partial charge < -0.3 is 5.43 Å². The molecule has 3 rings (SSSR count). The fourth-order valence-corrected chi connectivity index (χ4v) is 3.79. The van der Waals surface area contributed by atoms with Crippen molar-refractivity contribution in [3.8, 4) is 0 Å². The van der Waals surface area contributed by atoms with Crippen LogP contribution < -0.4 is 16.0 Å². The zero-order valence-electron chi connectivity index (χ0n) is 10.4. The number of sulfonamides is 1. The highest BCUT2D eigenvalue weighted by Gasteiger charge is 2.27. The second-order valence-electron chi connectivity index (χ2n) is 4.48. The van der Waals surface area contributed by atoms with Gasteiger partial charge in [-0.05, 0) is 18.9 Å². The van der Waals surface area contributed by atoms with E-state index in [1.807, 2.05) is 5.38 Å². The summed E-state index contributed by atoms with van der Waals surface area (Å²) in [4.78, 5) is 8.26. The Labute approximate surface area is 120 Å². The maximum absolute atomic E-state index is 12.2. The number of nitrogens with one attached hydrogen (secondary N) is 2. The molecule has 4 N–H and O–H groups in total. The van der Waals surface area contributed by atoms with E-state index < -0.39 is 10.0 Å². The Hall–Kier alpha value is -1.71. The second-order valence-corrected chi connectivity index (χ2v) is 7.02. The zero-order valence-corrected chi connectivity index (χ0v) is 12.0. The number of hydrogen-bond donors (Lipinski definition) is 3. The molecular weight excluding hydrogens is 298 g/mol. The molecule has 0 bridgehead atoms. The minimum absolute atomic E-state index is 0.0867. The summed E-state index contributed by atoms with van der Waals surface area (Å²) in [6.45, 7) is 0. The van der Waals surface area contributed by atoms with Crippen LogP contribution in [0.15, 0.2) is 28.6 Å². The summed E-state index contributed by atoms with van der Waals surface area (Å²) in [6, 6.07) is 2.76. The Morgan fingerprint density at radius 2 is 2.20 bits per heavy atom. The predicted molar refractivity (Wildman–Crippen MR) is 76.9 cm³/mol. The summed E-state index contributed by atoms with van der Waals surface area (Å²) >= 11 is 1.29. The Morgan fingerprint density at radius 1 is 1.40 bits per heavy atom. The summed E-state index contributed by atoms with van der Waals surface area (Å²) in [6.07, 6.45) is 3.64. The lowest BCUT2D eigenvalue weighted by Crippen LogP contribution is -2.14. The van der Waals surface area contributed by atoms with Crippen molar-refractivity contribution in [3.63, 3.8) is 0 Å². The molecule has 2 aromatic rings. The van der Waals surface area contributed by atoms with E-state index in [1.165, 1.54) is 29.7 Å². The highest BCUT2D eigenvalue weighted by atomic mass is 32.2. The molecule has 0 atom stereocenters. The van der Waals surface area contributed by atoms with Gasteiger partial charge in [-0.2, -0.15) is 0 Å². The van der Waals surface area contributed by atoms with E-state index in [0.29, 0.717) is 11.0 Å². The van der Waals surface area contributed by atoms with Gasteiger partial charge in [-0.15, -0.1) is 11.3 Å². The van der Waals surface area contributed by atoms with Crippen LogP contribution in [0.4, 0.5) is 10.9 Å². The molecule has 2 heterocycles. The van der Waals surface area contributed by atoms with Crippen LogP contribution in [0.3, 0.4) is 0 Å². The molecule has 0 spiro atoms. The molecule has 1 saturated carbocycles. The van der Waals surface area contributed by atoms with Gasteiger partial charge in [0.1, 0.15) is 5.82 Å². The first kappa shape index (κ1) is 13.3. The van der Waals surface area contributed by atoms with Crippen molar-refractivity contribution in [2.45, 2.75) is 23.7 Å². The third kappa shape index (κ3) is 2.74. The van der Waals surface area contributed by atoms with Crippen LogP contribution in [0.2, 0.25) is 0 Å². The van der Waals surface area contributed by atoms with Gasteiger partial charge in [0.25, 0.3) is 10.0 Å². The third-order valence-corrected chi connectivity index (χ3v) is 5.17. The first-order valence-electron chi connectivity index (χ1n) is 5.99. The number of thiazole rings is 1. The average Bonchev–Trinajstić information content (AvgIpc) is 3.20. The largest absolute Gasteiger partial charge is 0.308 e. The molecule has 1 aliphatic carbocycles. The molecule has 2 aromatic heterocycles. The monoisotopic (exact) mass is 311 g/mol. The van der Waals surface area contributed by atoms with Crippen molar-refractivity contribution < 1.29 is 8.42 Å². The lowest BCUT2D eigenvalue weighted by Gasteiger charge is -2.06. The van der Waals surface area contributed by atoms with Gasteiger partial charge in [0, 0.05) is 23.6 Å². The normalized spacial score (nSPS) is 15.1. The van der Waals surface area contributed by atoms with Crippen molar-refractivity contribution in [2.24, 2.45) is 5.84 Å². The van der Waals surface area contributed by atoms with Crippen LogP contribution >= 0.6 is 11.3 Å². The average molecular weight is 311 g/mol. The molecular formula is C11H13N5O2S2. The molecule has 0 aliphatic heterocycles. The Morgan fingerprint density at radius 3 is 2.90 bits per heavy atom. The highest BCUT2D eigenvalue weighted by Crippen LogP contribution is 2.41. The van der Waals surface area contributed by atoms with Gasteiger partial charge in [-0.25, -0.2) is 24.2 Å². The maximum Gasteiger partial charge on any atom is 0.263 e. The lowest BCUT2D eigenvalue weighted by atomic mass is 10.3. The van der Waals surface area contributed by atoms with Gasteiger partial charge in [0.15, 0.2) is 5.13 Å². The van der Waals surface area contributed by atoms with E-state index in [1.54, 1.807) is 0 Å². The summed E-state index contributed by atoms with van der Waals surface area (Å²) in [5.41, 5.74) is 3.28. The van der Waals surface area contributed by atoms with Crippen LogP contribution in [-0.4, -0.2) is 18.4 Å². The van der Waals surface area contributed by atoms with Crippen LogP contribution in [0.1, 0.15) is 24.5 Å². The minimum atomic E-state index is -3.68. The smallest absolute Gasteiger partial charge is 0.263 e. The molecule has 0 unspecified atom stereocenters. The van der Waals surface area contributed by atoms with Gasteiger partial charge in [-0.1, -0.05) is 0 Å². The van der Waals surface area contributed by atoms with Crippen molar-refractivity contribution in [1.82, 2.24) is 9.97 Å². The van der Waals surface area contributed by atoms with E-state index in [0.717, 1.165) is 18.5 Å². The van der Waals surface area contributed by atoms with E-state index in [2.05, 4.69) is 20.1 Å². The predicted octanol–water partition coefficient (Wildman–Crippen LogP) is 1.50. The molecule has 0 saturated heterocycles. The molecule has 0 aromatic carbocycles. The second kappa shape index (κ2) is 5.00. The van der Waals surface area contributed by atoms with E-state index in [-0.39, 0.29) is 10.7 Å². The summed E-state index contributed by atoms with van der Waals surface area (Å²) in [5.74, 6) is 6.00.